The highest BCUT2D eigenvalue weighted by molar-refractivity contribution is 6.30. The predicted octanol–water partition coefficient (Wildman–Crippen LogP) is 5.23. The maximum absolute atomic E-state index is 12.7. The van der Waals surface area contributed by atoms with Gasteiger partial charge in [0.25, 0.3) is 0 Å². The number of carbonyl (C=O) groups excluding carboxylic acids is 1. The Morgan fingerprint density at radius 3 is 2.00 bits per heavy atom. The zero-order valence-electron chi connectivity index (χ0n) is 25.7. The predicted molar refractivity (Wildman–Crippen MR) is 177 cm³/mol. The van der Waals surface area contributed by atoms with Crippen LogP contribution in [0.15, 0.2) is 84.9 Å². The lowest BCUT2D eigenvalue weighted by Gasteiger charge is -2.46. The van der Waals surface area contributed by atoms with Crippen molar-refractivity contribution in [3.05, 3.63) is 107 Å². The molecule has 236 valence electrons. The summed E-state index contributed by atoms with van der Waals surface area (Å²) in [4.78, 5) is 19.4. The van der Waals surface area contributed by atoms with Crippen LogP contribution in [0.4, 0.5) is 4.79 Å². The molecule has 0 bridgehead atoms. The number of amides is 2. The SMILES string of the molecule is NC(=O)N1CCN(CCCO)CC1CC(CCCN1CCC(O)(c2ccc(Cl)cc2)CC1)(c1ccccc1)c1ccccc1. The Kier molecular flexibility index (Phi) is 11.0. The molecule has 3 aromatic rings. The summed E-state index contributed by atoms with van der Waals surface area (Å²) in [6.45, 7) is 5.66. The fraction of sp³-hybridized carbons (Fsp3) is 0.472. The van der Waals surface area contributed by atoms with E-state index in [1.54, 1.807) is 0 Å². The quantitative estimate of drug-likeness (QED) is 0.259. The third kappa shape index (κ3) is 7.64. The number of nitrogens with two attached hydrogens (primary N) is 1. The lowest BCUT2D eigenvalue weighted by Crippen LogP contribution is -2.58. The van der Waals surface area contributed by atoms with Crippen LogP contribution in [0, 0.1) is 0 Å². The minimum atomic E-state index is -0.819. The molecule has 2 saturated heterocycles. The van der Waals surface area contributed by atoms with Gasteiger partial charge in [-0.3, -0.25) is 4.90 Å². The van der Waals surface area contributed by atoms with E-state index in [0.29, 0.717) is 24.4 Å². The van der Waals surface area contributed by atoms with Crippen LogP contribution in [0.5, 0.6) is 0 Å². The van der Waals surface area contributed by atoms with Gasteiger partial charge in [-0.25, -0.2) is 4.79 Å². The van der Waals surface area contributed by atoms with Crippen LogP contribution in [-0.2, 0) is 11.0 Å². The molecule has 5 rings (SSSR count). The van der Waals surface area contributed by atoms with Gasteiger partial charge in [0.1, 0.15) is 0 Å². The second-order valence-electron chi connectivity index (χ2n) is 12.6. The fourth-order valence-electron chi connectivity index (χ4n) is 7.39. The smallest absolute Gasteiger partial charge is 0.315 e. The number of aliphatic hydroxyl groups excluding tert-OH is 1. The minimum Gasteiger partial charge on any atom is -0.396 e. The molecule has 1 unspecified atom stereocenters. The zero-order valence-corrected chi connectivity index (χ0v) is 26.4. The molecule has 44 heavy (non-hydrogen) atoms. The third-order valence-corrected chi connectivity index (χ3v) is 10.1. The maximum atomic E-state index is 12.7. The number of nitrogens with zero attached hydrogens (tertiary/aromatic N) is 3. The fourth-order valence-corrected chi connectivity index (χ4v) is 7.52. The van der Waals surface area contributed by atoms with Crippen LogP contribution in [0.3, 0.4) is 0 Å². The molecule has 0 aromatic heterocycles. The van der Waals surface area contributed by atoms with Gasteiger partial charge in [-0.15, -0.1) is 0 Å². The van der Waals surface area contributed by atoms with Crippen LogP contribution in [0.25, 0.3) is 0 Å². The van der Waals surface area contributed by atoms with Crippen molar-refractivity contribution in [2.45, 2.75) is 55.6 Å². The van der Waals surface area contributed by atoms with Gasteiger partial charge < -0.3 is 25.7 Å². The summed E-state index contributed by atoms with van der Waals surface area (Å²) < 4.78 is 0. The molecule has 7 nitrogen and oxygen atoms in total. The number of aliphatic hydroxyl groups is 2. The number of rotatable bonds is 12. The maximum Gasteiger partial charge on any atom is 0.315 e. The van der Waals surface area contributed by atoms with E-state index >= 15 is 0 Å². The number of primary amides is 1. The molecular formula is C36H47ClN4O3. The summed E-state index contributed by atoms with van der Waals surface area (Å²) in [5.74, 6) is 0. The van der Waals surface area contributed by atoms with Gasteiger partial charge >= 0.3 is 6.03 Å². The molecule has 0 spiro atoms. The van der Waals surface area contributed by atoms with Crippen molar-refractivity contribution in [1.29, 1.82) is 0 Å². The molecule has 2 amide bonds. The van der Waals surface area contributed by atoms with Crippen LogP contribution in [-0.4, -0.2) is 89.4 Å². The van der Waals surface area contributed by atoms with Crippen molar-refractivity contribution in [3.63, 3.8) is 0 Å². The van der Waals surface area contributed by atoms with Crippen molar-refractivity contribution in [1.82, 2.24) is 14.7 Å². The van der Waals surface area contributed by atoms with Gasteiger partial charge in [-0.05, 0) is 73.9 Å². The van der Waals surface area contributed by atoms with Crippen molar-refractivity contribution < 1.29 is 15.0 Å². The van der Waals surface area contributed by atoms with E-state index < -0.39 is 5.60 Å². The van der Waals surface area contributed by atoms with E-state index in [0.717, 1.165) is 70.5 Å². The first-order chi connectivity index (χ1) is 21.3. The Bertz CT molecular complexity index is 1280. The molecular weight excluding hydrogens is 572 g/mol. The average Bonchev–Trinajstić information content (AvgIpc) is 3.05. The second-order valence-corrected chi connectivity index (χ2v) is 13.0. The number of piperidine rings is 1. The van der Waals surface area contributed by atoms with E-state index in [4.69, 9.17) is 17.3 Å². The molecule has 0 saturated carbocycles. The first-order valence-corrected chi connectivity index (χ1v) is 16.4. The molecule has 1 atom stereocenters. The Hall–Kier alpha value is -2.94. The van der Waals surface area contributed by atoms with Crippen molar-refractivity contribution in [2.75, 3.05) is 52.4 Å². The van der Waals surface area contributed by atoms with Crippen LogP contribution in [0.1, 0.15) is 55.2 Å². The number of hydrogen-bond acceptors (Lipinski definition) is 5. The Balaban J connectivity index is 1.36. The van der Waals surface area contributed by atoms with Crippen molar-refractivity contribution in [3.8, 4) is 0 Å². The highest BCUT2D eigenvalue weighted by atomic mass is 35.5. The van der Waals surface area contributed by atoms with Crippen LogP contribution < -0.4 is 5.73 Å². The van der Waals surface area contributed by atoms with E-state index in [1.165, 1.54) is 11.1 Å². The average molecular weight is 619 g/mol. The lowest BCUT2D eigenvalue weighted by atomic mass is 9.67. The first-order valence-electron chi connectivity index (χ1n) is 16.0. The number of benzene rings is 3. The highest BCUT2D eigenvalue weighted by Crippen LogP contribution is 2.43. The number of piperazine rings is 1. The monoisotopic (exact) mass is 618 g/mol. The topological polar surface area (TPSA) is 93.3 Å². The zero-order chi connectivity index (χ0) is 31.0. The lowest BCUT2D eigenvalue weighted by molar-refractivity contribution is -0.0263. The third-order valence-electron chi connectivity index (χ3n) is 9.86. The summed E-state index contributed by atoms with van der Waals surface area (Å²) in [7, 11) is 0. The molecule has 3 aromatic carbocycles. The summed E-state index contributed by atoms with van der Waals surface area (Å²) in [6, 6.07) is 28.6. The highest BCUT2D eigenvalue weighted by Gasteiger charge is 2.41. The van der Waals surface area contributed by atoms with Gasteiger partial charge in [-0.1, -0.05) is 84.4 Å². The number of hydrogen-bond donors (Lipinski definition) is 3. The molecule has 8 heteroatoms. The molecule has 2 heterocycles. The summed E-state index contributed by atoms with van der Waals surface area (Å²) >= 11 is 6.09. The largest absolute Gasteiger partial charge is 0.396 e. The number of urea groups is 1. The van der Waals surface area contributed by atoms with Gasteiger partial charge in [-0.2, -0.15) is 0 Å². The molecule has 0 aliphatic carbocycles. The van der Waals surface area contributed by atoms with Gasteiger partial charge in [0.15, 0.2) is 0 Å². The molecule has 2 aliphatic rings. The second kappa shape index (κ2) is 14.9. The van der Waals surface area contributed by atoms with Gasteiger partial charge in [0.2, 0.25) is 0 Å². The number of halogens is 1. The molecule has 2 fully saturated rings. The van der Waals surface area contributed by atoms with Crippen LogP contribution >= 0.6 is 11.6 Å². The molecule has 2 aliphatic heterocycles. The number of likely N-dealkylation sites (tertiary alicyclic amines) is 1. The van der Waals surface area contributed by atoms with Gasteiger partial charge in [0.05, 0.1) is 5.60 Å². The van der Waals surface area contributed by atoms with Crippen molar-refractivity contribution in [2.24, 2.45) is 5.73 Å². The van der Waals surface area contributed by atoms with E-state index in [9.17, 15) is 15.0 Å². The molecule has 4 N–H and O–H groups in total. The number of carbonyl (C=O) groups is 1. The summed E-state index contributed by atoms with van der Waals surface area (Å²) in [5.41, 5.74) is 8.26. The first kappa shape index (κ1) is 32.5. The Labute approximate surface area is 267 Å². The summed E-state index contributed by atoms with van der Waals surface area (Å²) in [5, 5.41) is 21.5. The van der Waals surface area contributed by atoms with E-state index in [2.05, 4.69) is 70.5 Å². The van der Waals surface area contributed by atoms with Crippen LogP contribution in [0.2, 0.25) is 5.02 Å². The minimum absolute atomic E-state index is 0.0512. The molecule has 0 radical (unpaired) electrons. The van der Waals surface area contributed by atoms with Crippen molar-refractivity contribution >= 4 is 17.6 Å². The van der Waals surface area contributed by atoms with E-state index in [1.807, 2.05) is 29.2 Å². The standard InChI is InChI=1S/C36H47ClN4O3/c37-32-15-13-31(14-16-32)36(44)18-22-39(23-19-36)20-7-17-35(29-9-3-1-4-10-29,30-11-5-2-6-12-30)27-33-28-40(21-8-26-42)24-25-41(33)34(38)43/h1-6,9-16,33,42,44H,7-8,17-28H2,(H2,38,43). The normalized spacial score (nSPS) is 19.6. The Morgan fingerprint density at radius 2 is 1.43 bits per heavy atom. The van der Waals surface area contributed by atoms with Gasteiger partial charge in [0, 0.05) is 62.4 Å². The van der Waals surface area contributed by atoms with E-state index in [-0.39, 0.29) is 24.1 Å². The Morgan fingerprint density at radius 1 is 0.841 bits per heavy atom. The summed E-state index contributed by atoms with van der Waals surface area (Å²) in [6.07, 6.45) is 4.75.